The number of aliphatic hydroxyl groups is 1. The normalized spacial score (nSPS) is 19.5. The first kappa shape index (κ1) is 14.3. The number of halogens is 1. The maximum absolute atomic E-state index is 9.09. The van der Waals surface area contributed by atoms with Crippen LogP contribution in [0.3, 0.4) is 0 Å². The molecule has 2 rings (SSSR count). The molecule has 0 amide bonds. The van der Waals surface area contributed by atoms with Crippen molar-refractivity contribution < 1.29 is 5.11 Å². The second-order valence-corrected chi connectivity index (χ2v) is 7.24. The highest BCUT2D eigenvalue weighted by Gasteiger charge is 2.40. The van der Waals surface area contributed by atoms with E-state index in [1.807, 2.05) is 6.07 Å². The third kappa shape index (κ3) is 3.27. The molecule has 2 N–H and O–H groups in total. The topological polar surface area (TPSA) is 32.3 Å². The molecule has 1 saturated carbocycles. The number of thiophene rings is 1. The minimum Gasteiger partial charge on any atom is -0.396 e. The fourth-order valence-electron chi connectivity index (χ4n) is 2.86. The lowest BCUT2D eigenvalue weighted by atomic mass is 9.60. The van der Waals surface area contributed by atoms with Crippen molar-refractivity contribution in [1.82, 2.24) is 5.32 Å². The van der Waals surface area contributed by atoms with Crippen molar-refractivity contribution in [3.05, 3.63) is 21.3 Å². The molecule has 1 aliphatic rings. The SMILES string of the molecule is C[C@@H](CCO)C1(CNCc2ccc(Cl)s2)CCC1. The summed E-state index contributed by atoms with van der Waals surface area (Å²) < 4.78 is 0.860. The number of hydrogen-bond donors (Lipinski definition) is 2. The molecule has 1 aromatic heterocycles. The van der Waals surface area contributed by atoms with E-state index in [9.17, 15) is 0 Å². The Morgan fingerprint density at radius 1 is 1.50 bits per heavy atom. The first-order valence-electron chi connectivity index (χ1n) is 6.72. The van der Waals surface area contributed by atoms with Crippen LogP contribution in [0.25, 0.3) is 0 Å². The Morgan fingerprint density at radius 3 is 2.78 bits per heavy atom. The van der Waals surface area contributed by atoms with Crippen LogP contribution in [-0.4, -0.2) is 18.3 Å². The molecule has 0 spiro atoms. The Bertz CT molecular complexity index is 376. The molecular formula is C14H22ClNOS. The van der Waals surface area contributed by atoms with Gasteiger partial charge in [-0.15, -0.1) is 11.3 Å². The summed E-state index contributed by atoms with van der Waals surface area (Å²) in [5.41, 5.74) is 0.420. The summed E-state index contributed by atoms with van der Waals surface area (Å²) in [6, 6.07) is 4.04. The van der Waals surface area contributed by atoms with E-state index in [0.717, 1.165) is 23.8 Å². The van der Waals surface area contributed by atoms with E-state index in [1.54, 1.807) is 11.3 Å². The molecule has 0 saturated heterocycles. The van der Waals surface area contributed by atoms with Gasteiger partial charge in [0.2, 0.25) is 0 Å². The maximum Gasteiger partial charge on any atom is 0.0931 e. The van der Waals surface area contributed by atoms with Crippen LogP contribution in [0.2, 0.25) is 4.34 Å². The summed E-state index contributed by atoms with van der Waals surface area (Å²) in [7, 11) is 0. The third-order valence-corrected chi connectivity index (χ3v) is 5.59. The zero-order valence-electron chi connectivity index (χ0n) is 10.9. The van der Waals surface area contributed by atoms with Gasteiger partial charge in [0.25, 0.3) is 0 Å². The average molecular weight is 288 g/mol. The molecule has 4 heteroatoms. The molecule has 0 aromatic carbocycles. The van der Waals surface area contributed by atoms with Gasteiger partial charge < -0.3 is 10.4 Å². The van der Waals surface area contributed by atoms with Gasteiger partial charge in [0.15, 0.2) is 0 Å². The van der Waals surface area contributed by atoms with Crippen molar-refractivity contribution in [2.24, 2.45) is 11.3 Å². The van der Waals surface area contributed by atoms with Crippen LogP contribution in [0.5, 0.6) is 0 Å². The molecule has 2 nitrogen and oxygen atoms in total. The summed E-state index contributed by atoms with van der Waals surface area (Å²) in [5.74, 6) is 0.607. The van der Waals surface area contributed by atoms with Crippen molar-refractivity contribution in [2.45, 2.75) is 39.2 Å². The fourth-order valence-corrected chi connectivity index (χ4v) is 3.91. The molecular weight excluding hydrogens is 266 g/mol. The zero-order chi connectivity index (χ0) is 13.0. The molecule has 1 fully saturated rings. The largest absolute Gasteiger partial charge is 0.396 e. The van der Waals surface area contributed by atoms with Crippen LogP contribution >= 0.6 is 22.9 Å². The highest BCUT2D eigenvalue weighted by atomic mass is 35.5. The van der Waals surface area contributed by atoms with Crippen molar-refractivity contribution in [3.8, 4) is 0 Å². The van der Waals surface area contributed by atoms with Gasteiger partial charge in [0.05, 0.1) is 4.34 Å². The Morgan fingerprint density at radius 2 is 2.28 bits per heavy atom. The number of hydrogen-bond acceptors (Lipinski definition) is 3. The lowest BCUT2D eigenvalue weighted by molar-refractivity contribution is 0.0427. The van der Waals surface area contributed by atoms with Gasteiger partial charge in [-0.25, -0.2) is 0 Å². The first-order valence-corrected chi connectivity index (χ1v) is 7.91. The van der Waals surface area contributed by atoms with Crippen LogP contribution in [0.15, 0.2) is 12.1 Å². The molecule has 1 aliphatic carbocycles. The lowest BCUT2D eigenvalue weighted by Crippen LogP contribution is -2.44. The molecule has 0 radical (unpaired) electrons. The van der Waals surface area contributed by atoms with Crippen LogP contribution in [-0.2, 0) is 6.54 Å². The van der Waals surface area contributed by atoms with Crippen LogP contribution in [0, 0.1) is 11.3 Å². The zero-order valence-corrected chi connectivity index (χ0v) is 12.5. The van der Waals surface area contributed by atoms with Crippen LogP contribution in [0.4, 0.5) is 0 Å². The van der Waals surface area contributed by atoms with Gasteiger partial charge in [-0.05, 0) is 42.7 Å². The number of aliphatic hydroxyl groups excluding tert-OH is 1. The second kappa shape index (κ2) is 6.38. The Hall–Kier alpha value is -0.0900. The van der Waals surface area contributed by atoms with Gasteiger partial charge in [-0.2, -0.15) is 0 Å². The van der Waals surface area contributed by atoms with E-state index in [2.05, 4.69) is 18.3 Å². The van der Waals surface area contributed by atoms with E-state index >= 15 is 0 Å². The molecule has 1 aromatic rings. The van der Waals surface area contributed by atoms with E-state index < -0.39 is 0 Å². The van der Waals surface area contributed by atoms with Crippen LogP contribution in [0.1, 0.15) is 37.5 Å². The van der Waals surface area contributed by atoms with Crippen molar-refractivity contribution >= 4 is 22.9 Å². The standard InChI is InChI=1S/C14H22ClNOS/c1-11(5-8-17)14(6-2-7-14)10-16-9-12-3-4-13(15)18-12/h3-4,11,16-17H,2,5-10H2,1H3/t11-/m0/s1. The van der Waals surface area contributed by atoms with E-state index in [1.165, 1.54) is 24.1 Å². The lowest BCUT2D eigenvalue weighted by Gasteiger charge is -2.47. The van der Waals surface area contributed by atoms with Gasteiger partial charge >= 0.3 is 0 Å². The second-order valence-electron chi connectivity index (χ2n) is 5.44. The molecule has 1 atom stereocenters. The molecule has 18 heavy (non-hydrogen) atoms. The summed E-state index contributed by atoms with van der Waals surface area (Å²) >= 11 is 7.57. The van der Waals surface area contributed by atoms with Crippen molar-refractivity contribution in [1.29, 1.82) is 0 Å². The first-order chi connectivity index (χ1) is 8.66. The molecule has 0 aliphatic heterocycles. The molecule has 1 heterocycles. The van der Waals surface area contributed by atoms with E-state index in [-0.39, 0.29) is 0 Å². The quantitative estimate of drug-likeness (QED) is 0.802. The monoisotopic (exact) mass is 287 g/mol. The third-order valence-electron chi connectivity index (χ3n) is 4.36. The van der Waals surface area contributed by atoms with E-state index in [4.69, 9.17) is 16.7 Å². The Balaban J connectivity index is 1.80. The predicted molar refractivity (Wildman–Crippen MR) is 78.2 cm³/mol. The Labute approximate surface area is 118 Å². The number of rotatable bonds is 7. The minimum atomic E-state index is 0.309. The van der Waals surface area contributed by atoms with Gasteiger partial charge in [-0.3, -0.25) is 0 Å². The molecule has 0 unspecified atom stereocenters. The number of nitrogens with one attached hydrogen (secondary N) is 1. The fraction of sp³-hybridized carbons (Fsp3) is 0.714. The van der Waals surface area contributed by atoms with Gasteiger partial charge in [-0.1, -0.05) is 24.9 Å². The average Bonchev–Trinajstić information content (AvgIpc) is 2.68. The maximum atomic E-state index is 9.09. The summed E-state index contributed by atoms with van der Waals surface area (Å²) in [6.45, 7) is 4.55. The van der Waals surface area contributed by atoms with E-state index in [0.29, 0.717) is 17.9 Å². The van der Waals surface area contributed by atoms with Crippen molar-refractivity contribution in [2.75, 3.05) is 13.2 Å². The Kier molecular flexibility index (Phi) is 5.07. The highest BCUT2D eigenvalue weighted by Crippen LogP contribution is 2.47. The van der Waals surface area contributed by atoms with Crippen LogP contribution < -0.4 is 5.32 Å². The molecule has 102 valence electrons. The summed E-state index contributed by atoms with van der Waals surface area (Å²) in [6.07, 6.45) is 4.85. The highest BCUT2D eigenvalue weighted by molar-refractivity contribution is 7.16. The predicted octanol–water partition coefficient (Wildman–Crippen LogP) is 3.68. The minimum absolute atomic E-state index is 0.309. The summed E-state index contributed by atoms with van der Waals surface area (Å²) in [5, 5.41) is 12.7. The molecule has 0 bridgehead atoms. The van der Waals surface area contributed by atoms with Crippen molar-refractivity contribution in [3.63, 3.8) is 0 Å². The smallest absolute Gasteiger partial charge is 0.0931 e. The van der Waals surface area contributed by atoms with Gasteiger partial charge in [0, 0.05) is 24.6 Å². The summed E-state index contributed by atoms with van der Waals surface area (Å²) in [4.78, 5) is 1.30. The van der Waals surface area contributed by atoms with Gasteiger partial charge in [0.1, 0.15) is 0 Å².